The van der Waals surface area contributed by atoms with Gasteiger partial charge in [0.25, 0.3) is 0 Å². The van der Waals surface area contributed by atoms with E-state index in [1.807, 2.05) is 13.4 Å². The van der Waals surface area contributed by atoms with Crippen molar-refractivity contribution in [2.45, 2.75) is 32.7 Å². The van der Waals surface area contributed by atoms with Crippen molar-refractivity contribution < 1.29 is 0 Å². The van der Waals surface area contributed by atoms with Crippen molar-refractivity contribution in [2.24, 2.45) is 0 Å². The van der Waals surface area contributed by atoms with Crippen LogP contribution in [0, 0.1) is 0 Å². The second-order valence-corrected chi connectivity index (χ2v) is 3.42. The normalized spacial score (nSPS) is 13.2. The summed E-state index contributed by atoms with van der Waals surface area (Å²) in [6.45, 7) is 5.40. The zero-order valence-corrected chi connectivity index (χ0v) is 8.75. The number of likely N-dealkylation sites (N-methyl/N-ethyl adjacent to an activating group) is 1. The number of rotatable bonds is 5. The molecule has 0 spiro atoms. The van der Waals surface area contributed by atoms with Crippen molar-refractivity contribution in [1.29, 1.82) is 0 Å². The van der Waals surface area contributed by atoms with E-state index >= 15 is 0 Å². The molecule has 1 N–H and O–H groups in total. The Labute approximate surface area is 80.2 Å². The van der Waals surface area contributed by atoms with Gasteiger partial charge in [-0.15, -0.1) is 0 Å². The first-order chi connectivity index (χ1) is 6.27. The van der Waals surface area contributed by atoms with Crippen molar-refractivity contribution in [1.82, 2.24) is 14.9 Å². The van der Waals surface area contributed by atoms with E-state index in [0.29, 0.717) is 6.04 Å². The fourth-order valence-electron chi connectivity index (χ4n) is 1.21. The van der Waals surface area contributed by atoms with Crippen molar-refractivity contribution in [3.8, 4) is 0 Å². The van der Waals surface area contributed by atoms with Gasteiger partial charge >= 0.3 is 0 Å². The molecule has 1 atom stereocenters. The van der Waals surface area contributed by atoms with Crippen LogP contribution in [0.1, 0.15) is 32.0 Å². The second kappa shape index (κ2) is 5.02. The van der Waals surface area contributed by atoms with Crippen molar-refractivity contribution in [2.75, 3.05) is 13.6 Å². The fourth-order valence-corrected chi connectivity index (χ4v) is 1.21. The zero-order chi connectivity index (χ0) is 9.68. The number of imidazole rings is 1. The molecule has 0 fully saturated rings. The van der Waals surface area contributed by atoms with Gasteiger partial charge in [0.1, 0.15) is 0 Å². The maximum absolute atomic E-state index is 4.35. The lowest BCUT2D eigenvalue weighted by Crippen LogP contribution is -2.10. The van der Waals surface area contributed by atoms with Crippen LogP contribution >= 0.6 is 0 Å². The van der Waals surface area contributed by atoms with Crippen molar-refractivity contribution in [3.63, 3.8) is 0 Å². The Morgan fingerprint density at radius 1 is 1.62 bits per heavy atom. The van der Waals surface area contributed by atoms with E-state index in [0.717, 1.165) is 19.4 Å². The molecular weight excluding hydrogens is 162 g/mol. The molecule has 0 saturated carbocycles. The van der Waals surface area contributed by atoms with E-state index in [1.54, 1.807) is 0 Å². The van der Waals surface area contributed by atoms with Gasteiger partial charge in [-0.3, -0.25) is 0 Å². The highest BCUT2D eigenvalue weighted by Gasteiger charge is 2.02. The van der Waals surface area contributed by atoms with Crippen LogP contribution in [0.5, 0.6) is 0 Å². The molecule has 1 aromatic heterocycles. The van der Waals surface area contributed by atoms with Gasteiger partial charge < -0.3 is 9.88 Å². The molecular formula is C10H19N3. The maximum atomic E-state index is 4.35. The summed E-state index contributed by atoms with van der Waals surface area (Å²) in [4.78, 5) is 4.35. The number of hydrogen-bond donors (Lipinski definition) is 1. The third-order valence-electron chi connectivity index (χ3n) is 2.39. The van der Waals surface area contributed by atoms with Gasteiger partial charge in [0.05, 0.1) is 12.0 Å². The molecule has 0 amide bonds. The fraction of sp³-hybridized carbons (Fsp3) is 0.700. The van der Waals surface area contributed by atoms with Gasteiger partial charge in [-0.1, -0.05) is 6.92 Å². The van der Waals surface area contributed by atoms with E-state index in [-0.39, 0.29) is 0 Å². The largest absolute Gasteiger partial charge is 0.334 e. The Hall–Kier alpha value is -0.830. The summed E-state index contributed by atoms with van der Waals surface area (Å²) in [5.74, 6) is 0. The minimum Gasteiger partial charge on any atom is -0.334 e. The lowest BCUT2D eigenvalue weighted by atomic mass is 10.2. The smallest absolute Gasteiger partial charge is 0.0951 e. The highest BCUT2D eigenvalue weighted by Crippen LogP contribution is 2.10. The van der Waals surface area contributed by atoms with Crippen LogP contribution in [0.25, 0.3) is 0 Å². The second-order valence-electron chi connectivity index (χ2n) is 3.42. The summed E-state index contributed by atoms with van der Waals surface area (Å²) in [5.41, 5.74) is 1.18. The third kappa shape index (κ3) is 2.84. The summed E-state index contributed by atoms with van der Waals surface area (Å²) in [5, 5.41) is 3.12. The first kappa shape index (κ1) is 10.3. The molecule has 1 unspecified atom stereocenters. The molecule has 3 heteroatoms. The van der Waals surface area contributed by atoms with Crippen molar-refractivity contribution in [3.05, 3.63) is 18.2 Å². The first-order valence-corrected chi connectivity index (χ1v) is 4.94. The summed E-state index contributed by atoms with van der Waals surface area (Å²) in [6.07, 6.45) is 6.24. The van der Waals surface area contributed by atoms with E-state index in [9.17, 15) is 0 Å². The predicted octanol–water partition coefficient (Wildman–Crippen LogP) is 1.62. The van der Waals surface area contributed by atoms with Gasteiger partial charge in [-0.25, -0.2) is 4.98 Å². The molecule has 0 bridgehead atoms. The van der Waals surface area contributed by atoms with E-state index in [1.165, 1.54) is 5.69 Å². The zero-order valence-electron chi connectivity index (χ0n) is 8.75. The van der Waals surface area contributed by atoms with Crippen LogP contribution in [0.2, 0.25) is 0 Å². The summed E-state index contributed by atoms with van der Waals surface area (Å²) >= 11 is 0. The molecule has 0 saturated heterocycles. The Balaban J connectivity index is 2.53. The van der Waals surface area contributed by atoms with Crippen LogP contribution in [0.4, 0.5) is 0 Å². The van der Waals surface area contributed by atoms with E-state index < -0.39 is 0 Å². The molecule has 0 radical (unpaired) electrons. The number of nitrogens with one attached hydrogen (secondary N) is 1. The Kier molecular flexibility index (Phi) is 3.96. The van der Waals surface area contributed by atoms with Crippen LogP contribution < -0.4 is 5.32 Å². The molecule has 1 aromatic rings. The Bertz CT molecular complexity index is 242. The Morgan fingerprint density at radius 2 is 2.38 bits per heavy atom. The minimum atomic E-state index is 0.566. The highest BCUT2D eigenvalue weighted by molar-refractivity contribution is 4.98. The maximum Gasteiger partial charge on any atom is 0.0951 e. The first-order valence-electron chi connectivity index (χ1n) is 4.94. The molecule has 13 heavy (non-hydrogen) atoms. The molecule has 3 nitrogen and oxygen atoms in total. The van der Waals surface area contributed by atoms with Gasteiger partial charge in [0.2, 0.25) is 0 Å². The van der Waals surface area contributed by atoms with Gasteiger partial charge in [-0.05, 0) is 20.4 Å². The van der Waals surface area contributed by atoms with Gasteiger partial charge in [-0.2, -0.15) is 0 Å². The molecule has 0 aliphatic heterocycles. The minimum absolute atomic E-state index is 0.566. The third-order valence-corrected chi connectivity index (χ3v) is 2.39. The SMILES string of the molecule is CCC(C)n1cnc(CCNC)c1. The number of aromatic nitrogens is 2. The lowest BCUT2D eigenvalue weighted by Gasteiger charge is -2.08. The van der Waals surface area contributed by atoms with Crippen LogP contribution in [-0.4, -0.2) is 23.1 Å². The molecule has 0 aromatic carbocycles. The average molecular weight is 181 g/mol. The van der Waals surface area contributed by atoms with Crippen LogP contribution in [-0.2, 0) is 6.42 Å². The van der Waals surface area contributed by atoms with Gasteiger partial charge in [0.15, 0.2) is 0 Å². The van der Waals surface area contributed by atoms with E-state index in [2.05, 4.69) is 34.9 Å². The standard InChI is InChI=1S/C10H19N3/c1-4-9(2)13-7-10(12-8-13)5-6-11-3/h7-9,11H,4-6H2,1-3H3. The van der Waals surface area contributed by atoms with Crippen molar-refractivity contribution >= 4 is 0 Å². The predicted molar refractivity (Wildman–Crippen MR) is 54.9 cm³/mol. The number of nitrogens with zero attached hydrogens (tertiary/aromatic N) is 2. The van der Waals surface area contributed by atoms with E-state index in [4.69, 9.17) is 0 Å². The molecule has 0 aliphatic rings. The number of hydrogen-bond acceptors (Lipinski definition) is 2. The molecule has 0 aliphatic carbocycles. The molecule has 1 rings (SSSR count). The highest BCUT2D eigenvalue weighted by atomic mass is 15.1. The molecule has 1 heterocycles. The summed E-state index contributed by atoms with van der Waals surface area (Å²) in [6, 6.07) is 0.566. The van der Waals surface area contributed by atoms with Crippen LogP contribution in [0.3, 0.4) is 0 Å². The monoisotopic (exact) mass is 181 g/mol. The summed E-state index contributed by atoms with van der Waals surface area (Å²) < 4.78 is 2.19. The molecule has 74 valence electrons. The topological polar surface area (TPSA) is 29.9 Å². The Morgan fingerprint density at radius 3 is 3.00 bits per heavy atom. The summed E-state index contributed by atoms with van der Waals surface area (Å²) in [7, 11) is 1.96. The van der Waals surface area contributed by atoms with Crippen LogP contribution in [0.15, 0.2) is 12.5 Å². The quantitative estimate of drug-likeness (QED) is 0.748. The van der Waals surface area contributed by atoms with Gasteiger partial charge in [0, 0.05) is 25.2 Å². The average Bonchev–Trinajstić information content (AvgIpc) is 2.62. The lowest BCUT2D eigenvalue weighted by molar-refractivity contribution is 0.530.